The zero-order chi connectivity index (χ0) is 15.0. The molecule has 0 bridgehead atoms. The van der Waals surface area contributed by atoms with Gasteiger partial charge in [-0.2, -0.15) is 5.10 Å². The van der Waals surface area contributed by atoms with E-state index in [0.29, 0.717) is 18.5 Å². The van der Waals surface area contributed by atoms with Crippen LogP contribution in [0.3, 0.4) is 0 Å². The second kappa shape index (κ2) is 5.05. The van der Waals surface area contributed by atoms with Crippen LogP contribution in [0.15, 0.2) is 36.7 Å². The molecule has 0 fully saturated rings. The molecule has 1 aromatic carbocycles. The summed E-state index contributed by atoms with van der Waals surface area (Å²) >= 11 is 0. The highest BCUT2D eigenvalue weighted by Crippen LogP contribution is 2.25. The average Bonchev–Trinajstić information content (AvgIpc) is 2.91. The van der Waals surface area contributed by atoms with Gasteiger partial charge in [-0.05, 0) is 11.1 Å². The van der Waals surface area contributed by atoms with Crippen molar-refractivity contribution in [1.29, 1.82) is 0 Å². The first-order valence-electron chi connectivity index (χ1n) is 6.65. The lowest BCUT2D eigenvalue weighted by Gasteiger charge is -2.34. The highest BCUT2D eigenvalue weighted by molar-refractivity contribution is 5.96. The van der Waals surface area contributed by atoms with Gasteiger partial charge in [0.05, 0.1) is 11.8 Å². The Hall–Kier alpha value is -2.63. The van der Waals surface area contributed by atoms with E-state index in [2.05, 4.69) is 5.10 Å². The molecular formula is C15H15N3O3. The Morgan fingerprint density at radius 2 is 2.00 bits per heavy atom. The molecular weight excluding hydrogens is 270 g/mol. The second-order valence-electron chi connectivity index (χ2n) is 5.16. The molecule has 108 valence electrons. The van der Waals surface area contributed by atoms with Gasteiger partial charge in [0.2, 0.25) is 0 Å². The van der Waals surface area contributed by atoms with Gasteiger partial charge in [-0.15, -0.1) is 0 Å². The van der Waals surface area contributed by atoms with Crippen LogP contribution in [0.2, 0.25) is 0 Å². The zero-order valence-corrected chi connectivity index (χ0v) is 11.6. The lowest BCUT2D eigenvalue weighted by atomic mass is 9.93. The van der Waals surface area contributed by atoms with Gasteiger partial charge in [-0.1, -0.05) is 24.3 Å². The van der Waals surface area contributed by atoms with Crippen LogP contribution in [0.1, 0.15) is 21.5 Å². The van der Waals surface area contributed by atoms with Crippen molar-refractivity contribution in [2.45, 2.75) is 19.0 Å². The summed E-state index contributed by atoms with van der Waals surface area (Å²) in [7, 11) is 1.72. The maximum atomic E-state index is 12.5. The standard InChI is InChI=1S/C15H15N3O3/c1-17-8-12(7-16-17)14(19)18-9-11-5-3-2-4-10(11)6-13(18)15(20)21/h2-5,7-8,13H,6,9H2,1H3,(H,20,21). The minimum Gasteiger partial charge on any atom is -0.480 e. The maximum absolute atomic E-state index is 12.5. The fourth-order valence-corrected chi connectivity index (χ4v) is 2.65. The SMILES string of the molecule is Cn1cc(C(=O)N2Cc3ccccc3CC2C(=O)O)cn1. The average molecular weight is 285 g/mol. The van der Waals surface area contributed by atoms with Crippen molar-refractivity contribution in [1.82, 2.24) is 14.7 Å². The number of fused-ring (bicyclic) bond motifs is 1. The highest BCUT2D eigenvalue weighted by Gasteiger charge is 2.35. The van der Waals surface area contributed by atoms with E-state index in [1.54, 1.807) is 13.2 Å². The van der Waals surface area contributed by atoms with Crippen LogP contribution in [0, 0.1) is 0 Å². The highest BCUT2D eigenvalue weighted by atomic mass is 16.4. The number of amides is 1. The molecule has 2 heterocycles. The van der Waals surface area contributed by atoms with E-state index in [1.807, 2.05) is 24.3 Å². The Labute approximate surface area is 121 Å². The molecule has 1 N–H and O–H groups in total. The summed E-state index contributed by atoms with van der Waals surface area (Å²) in [6.45, 7) is 0.306. The summed E-state index contributed by atoms with van der Waals surface area (Å²) in [5, 5.41) is 13.4. The first-order chi connectivity index (χ1) is 10.1. The molecule has 6 nitrogen and oxygen atoms in total. The molecule has 1 aliphatic rings. The van der Waals surface area contributed by atoms with E-state index in [1.165, 1.54) is 15.8 Å². The largest absolute Gasteiger partial charge is 0.480 e. The quantitative estimate of drug-likeness (QED) is 0.895. The van der Waals surface area contributed by atoms with E-state index in [0.717, 1.165) is 11.1 Å². The third-order valence-corrected chi connectivity index (χ3v) is 3.75. The van der Waals surface area contributed by atoms with E-state index < -0.39 is 12.0 Å². The van der Waals surface area contributed by atoms with Gasteiger partial charge in [0, 0.05) is 26.2 Å². The van der Waals surface area contributed by atoms with Gasteiger partial charge in [-0.25, -0.2) is 4.79 Å². The maximum Gasteiger partial charge on any atom is 0.326 e. The Balaban J connectivity index is 1.96. The number of benzene rings is 1. The summed E-state index contributed by atoms with van der Waals surface area (Å²) in [5.41, 5.74) is 2.38. The molecule has 0 radical (unpaired) electrons. The number of hydrogen-bond donors (Lipinski definition) is 1. The van der Waals surface area contributed by atoms with Gasteiger partial charge in [0.15, 0.2) is 0 Å². The van der Waals surface area contributed by atoms with Gasteiger partial charge < -0.3 is 10.0 Å². The van der Waals surface area contributed by atoms with Gasteiger partial charge >= 0.3 is 5.97 Å². The van der Waals surface area contributed by atoms with Crippen LogP contribution < -0.4 is 0 Å². The molecule has 1 aromatic heterocycles. The van der Waals surface area contributed by atoms with Crippen LogP contribution in [0.25, 0.3) is 0 Å². The molecule has 0 spiro atoms. The van der Waals surface area contributed by atoms with Gasteiger partial charge in [0.1, 0.15) is 6.04 Å². The molecule has 3 rings (SSSR count). The number of rotatable bonds is 2. The van der Waals surface area contributed by atoms with Crippen molar-refractivity contribution in [2.75, 3.05) is 0 Å². The molecule has 0 aliphatic carbocycles. The summed E-state index contributed by atoms with van der Waals surface area (Å²) in [6, 6.07) is 6.78. The topological polar surface area (TPSA) is 75.4 Å². The van der Waals surface area contributed by atoms with Crippen molar-refractivity contribution in [3.8, 4) is 0 Å². The first-order valence-corrected chi connectivity index (χ1v) is 6.65. The van der Waals surface area contributed by atoms with Crippen LogP contribution in [-0.2, 0) is 24.8 Å². The molecule has 1 aliphatic heterocycles. The first kappa shape index (κ1) is 13.4. The Kier molecular flexibility index (Phi) is 3.21. The molecule has 1 amide bonds. The summed E-state index contributed by atoms with van der Waals surface area (Å²) in [5.74, 6) is -1.29. The number of nitrogens with zero attached hydrogens (tertiary/aromatic N) is 3. The lowest BCUT2D eigenvalue weighted by molar-refractivity contribution is -0.142. The van der Waals surface area contributed by atoms with Crippen molar-refractivity contribution < 1.29 is 14.7 Å². The van der Waals surface area contributed by atoms with Gasteiger partial charge in [-0.3, -0.25) is 9.48 Å². The normalized spacial score (nSPS) is 17.4. The Morgan fingerprint density at radius 3 is 2.62 bits per heavy atom. The number of aromatic nitrogens is 2. The van der Waals surface area contributed by atoms with Crippen LogP contribution >= 0.6 is 0 Å². The molecule has 1 atom stereocenters. The monoisotopic (exact) mass is 285 g/mol. The molecule has 0 saturated carbocycles. The van der Waals surface area contributed by atoms with Crippen LogP contribution in [0.4, 0.5) is 0 Å². The van der Waals surface area contributed by atoms with E-state index in [4.69, 9.17) is 0 Å². The smallest absolute Gasteiger partial charge is 0.326 e. The van der Waals surface area contributed by atoms with E-state index in [9.17, 15) is 14.7 Å². The number of aliphatic carboxylic acids is 1. The number of carbonyl (C=O) groups is 2. The predicted octanol–water partition coefficient (Wildman–Crippen LogP) is 1.07. The van der Waals surface area contributed by atoms with Crippen LogP contribution in [-0.4, -0.2) is 37.7 Å². The lowest BCUT2D eigenvalue weighted by Crippen LogP contribution is -2.48. The van der Waals surface area contributed by atoms with E-state index >= 15 is 0 Å². The fraction of sp³-hybridized carbons (Fsp3) is 0.267. The zero-order valence-electron chi connectivity index (χ0n) is 11.6. The molecule has 6 heteroatoms. The number of carboxylic acid groups (broad SMARTS) is 1. The van der Waals surface area contributed by atoms with Crippen LogP contribution in [0.5, 0.6) is 0 Å². The third-order valence-electron chi connectivity index (χ3n) is 3.75. The number of carboxylic acids is 1. The summed E-state index contributed by atoms with van der Waals surface area (Å²) < 4.78 is 1.53. The Morgan fingerprint density at radius 1 is 1.29 bits per heavy atom. The minimum absolute atomic E-state index is 0.301. The Bertz CT molecular complexity index is 708. The number of carbonyl (C=O) groups excluding carboxylic acids is 1. The summed E-state index contributed by atoms with van der Waals surface area (Å²) in [4.78, 5) is 25.5. The minimum atomic E-state index is -0.984. The van der Waals surface area contributed by atoms with E-state index in [-0.39, 0.29) is 5.91 Å². The molecule has 2 aromatic rings. The van der Waals surface area contributed by atoms with Crippen molar-refractivity contribution >= 4 is 11.9 Å². The molecule has 1 unspecified atom stereocenters. The number of aryl methyl sites for hydroxylation is 1. The predicted molar refractivity (Wildman–Crippen MR) is 74.7 cm³/mol. The van der Waals surface area contributed by atoms with Gasteiger partial charge in [0.25, 0.3) is 5.91 Å². The molecule has 0 saturated heterocycles. The third kappa shape index (κ3) is 2.40. The fourth-order valence-electron chi connectivity index (χ4n) is 2.65. The van der Waals surface area contributed by atoms with Crippen molar-refractivity contribution in [3.05, 3.63) is 53.3 Å². The molecule has 21 heavy (non-hydrogen) atoms. The van der Waals surface area contributed by atoms with Crippen molar-refractivity contribution in [3.63, 3.8) is 0 Å². The summed E-state index contributed by atoms with van der Waals surface area (Å²) in [6.07, 6.45) is 3.39. The van der Waals surface area contributed by atoms with Crippen molar-refractivity contribution in [2.24, 2.45) is 7.05 Å². The second-order valence-corrected chi connectivity index (χ2v) is 5.16. The number of hydrogen-bond acceptors (Lipinski definition) is 3.